The molecule has 1 fully saturated rings. The first kappa shape index (κ1) is 9.89. The number of carboxylic acid groups (broad SMARTS) is 1. The van der Waals surface area contributed by atoms with Crippen LogP contribution in [0.15, 0.2) is 12.3 Å². The zero-order valence-electron chi connectivity index (χ0n) is 8.03. The van der Waals surface area contributed by atoms with Crippen LogP contribution in [0.2, 0.25) is 0 Å². The van der Waals surface area contributed by atoms with E-state index in [0.717, 1.165) is 24.6 Å². The largest absolute Gasteiger partial charge is 0.465 e. The minimum Gasteiger partial charge on any atom is -0.465 e. The third-order valence-corrected chi connectivity index (χ3v) is 2.39. The molecule has 0 spiro atoms. The molecule has 0 unspecified atom stereocenters. The normalized spacial score (nSPS) is 15.0. The van der Waals surface area contributed by atoms with E-state index in [9.17, 15) is 9.18 Å². The Kier molecular flexibility index (Phi) is 2.53. The Morgan fingerprint density at radius 3 is 3.00 bits per heavy atom. The maximum Gasteiger partial charge on any atom is 0.404 e. The fourth-order valence-electron chi connectivity index (χ4n) is 1.54. The van der Waals surface area contributed by atoms with Gasteiger partial charge >= 0.3 is 6.09 Å². The zero-order valence-corrected chi connectivity index (χ0v) is 8.03. The van der Waals surface area contributed by atoms with Crippen molar-refractivity contribution in [2.45, 2.75) is 25.3 Å². The summed E-state index contributed by atoms with van der Waals surface area (Å²) in [5.41, 5.74) is 1.46. The van der Waals surface area contributed by atoms with Crippen molar-refractivity contribution in [2.24, 2.45) is 0 Å². The molecule has 1 aliphatic carbocycles. The average molecular weight is 210 g/mol. The fourth-order valence-corrected chi connectivity index (χ4v) is 1.54. The predicted octanol–water partition coefficient (Wildman–Crippen LogP) is 1.87. The molecular formula is C10H11FN2O2. The molecule has 0 radical (unpaired) electrons. The monoisotopic (exact) mass is 210 g/mol. The summed E-state index contributed by atoms with van der Waals surface area (Å²) in [4.78, 5) is 14.2. The van der Waals surface area contributed by atoms with Crippen LogP contribution in [-0.2, 0) is 6.54 Å². The molecule has 0 atom stereocenters. The fraction of sp³-hybridized carbons (Fsp3) is 0.400. The lowest BCUT2D eigenvalue weighted by Gasteiger charge is -2.07. The molecule has 1 aromatic heterocycles. The molecular weight excluding hydrogens is 199 g/mol. The van der Waals surface area contributed by atoms with Crippen molar-refractivity contribution >= 4 is 6.09 Å². The molecule has 0 aromatic carbocycles. The Morgan fingerprint density at radius 1 is 1.67 bits per heavy atom. The van der Waals surface area contributed by atoms with Crippen LogP contribution in [0.5, 0.6) is 0 Å². The molecule has 2 N–H and O–H groups in total. The third-order valence-electron chi connectivity index (χ3n) is 2.39. The van der Waals surface area contributed by atoms with Gasteiger partial charge < -0.3 is 10.4 Å². The van der Waals surface area contributed by atoms with Crippen molar-refractivity contribution in [1.29, 1.82) is 0 Å². The van der Waals surface area contributed by atoms with Gasteiger partial charge in [0.25, 0.3) is 0 Å². The predicted molar refractivity (Wildman–Crippen MR) is 51.0 cm³/mol. The van der Waals surface area contributed by atoms with Crippen LogP contribution in [0.1, 0.15) is 30.0 Å². The Labute approximate surface area is 86.1 Å². The highest BCUT2D eigenvalue weighted by molar-refractivity contribution is 5.64. The number of hydrogen-bond acceptors (Lipinski definition) is 2. The van der Waals surface area contributed by atoms with E-state index >= 15 is 0 Å². The first-order valence-corrected chi connectivity index (χ1v) is 4.78. The average Bonchev–Trinajstić information content (AvgIpc) is 2.98. The number of aromatic nitrogens is 1. The summed E-state index contributed by atoms with van der Waals surface area (Å²) in [6, 6.07) is 1.45. The Bertz CT molecular complexity index is 391. The summed E-state index contributed by atoms with van der Waals surface area (Å²) in [5, 5.41) is 10.7. The zero-order chi connectivity index (χ0) is 10.8. The lowest BCUT2D eigenvalue weighted by Crippen LogP contribution is -2.21. The van der Waals surface area contributed by atoms with Gasteiger partial charge in [-0.15, -0.1) is 0 Å². The Morgan fingerprint density at radius 2 is 2.40 bits per heavy atom. The van der Waals surface area contributed by atoms with Gasteiger partial charge in [-0.2, -0.15) is 0 Å². The smallest absolute Gasteiger partial charge is 0.404 e. The van der Waals surface area contributed by atoms with Gasteiger partial charge in [0.2, 0.25) is 0 Å². The minimum atomic E-state index is -1.09. The number of rotatable bonds is 3. The van der Waals surface area contributed by atoms with Gasteiger partial charge in [-0.25, -0.2) is 9.18 Å². The van der Waals surface area contributed by atoms with Crippen LogP contribution >= 0.6 is 0 Å². The molecule has 4 nitrogen and oxygen atoms in total. The quantitative estimate of drug-likeness (QED) is 0.800. The van der Waals surface area contributed by atoms with Gasteiger partial charge in [0.15, 0.2) is 0 Å². The van der Waals surface area contributed by atoms with E-state index in [1.807, 2.05) is 0 Å². The molecule has 1 heterocycles. The molecule has 0 saturated heterocycles. The molecule has 80 valence electrons. The van der Waals surface area contributed by atoms with Gasteiger partial charge in [-0.1, -0.05) is 0 Å². The maximum atomic E-state index is 12.9. The second-order valence-electron chi connectivity index (χ2n) is 3.62. The van der Waals surface area contributed by atoms with Gasteiger partial charge in [-0.3, -0.25) is 4.98 Å². The van der Waals surface area contributed by atoms with Crippen molar-refractivity contribution in [3.63, 3.8) is 0 Å². The highest BCUT2D eigenvalue weighted by Crippen LogP contribution is 2.41. The Hall–Kier alpha value is -1.65. The van der Waals surface area contributed by atoms with E-state index in [0.29, 0.717) is 11.6 Å². The number of amides is 1. The SMILES string of the molecule is O=C(O)NCc1ncc(F)cc1C1CC1. The molecule has 15 heavy (non-hydrogen) atoms. The first-order chi connectivity index (χ1) is 7.16. The molecule has 1 aromatic rings. The van der Waals surface area contributed by atoms with Crippen LogP contribution < -0.4 is 5.32 Å². The van der Waals surface area contributed by atoms with Gasteiger partial charge in [0.05, 0.1) is 18.4 Å². The summed E-state index contributed by atoms with van der Waals surface area (Å²) in [7, 11) is 0. The maximum absolute atomic E-state index is 12.9. The second kappa shape index (κ2) is 3.84. The standard InChI is InChI=1S/C10H11FN2O2/c11-7-3-8(6-1-2-6)9(12-4-7)5-13-10(14)15/h3-4,6,13H,1-2,5H2,(H,14,15). The van der Waals surface area contributed by atoms with Crippen LogP contribution in [0.4, 0.5) is 9.18 Å². The van der Waals surface area contributed by atoms with E-state index in [-0.39, 0.29) is 12.4 Å². The van der Waals surface area contributed by atoms with Crippen molar-refractivity contribution in [2.75, 3.05) is 0 Å². The van der Waals surface area contributed by atoms with Crippen LogP contribution in [0.3, 0.4) is 0 Å². The number of halogens is 1. The molecule has 1 saturated carbocycles. The van der Waals surface area contributed by atoms with Gasteiger partial charge in [0, 0.05) is 0 Å². The summed E-state index contributed by atoms with van der Waals surface area (Å²) in [6.45, 7) is 0.140. The van der Waals surface area contributed by atoms with E-state index < -0.39 is 6.09 Å². The highest BCUT2D eigenvalue weighted by atomic mass is 19.1. The molecule has 1 aliphatic rings. The van der Waals surface area contributed by atoms with Crippen molar-refractivity contribution in [1.82, 2.24) is 10.3 Å². The highest BCUT2D eigenvalue weighted by Gasteiger charge is 2.27. The van der Waals surface area contributed by atoms with E-state index in [2.05, 4.69) is 10.3 Å². The van der Waals surface area contributed by atoms with Crippen molar-refractivity contribution in [3.8, 4) is 0 Å². The number of nitrogens with zero attached hydrogens (tertiary/aromatic N) is 1. The van der Waals surface area contributed by atoms with E-state index in [4.69, 9.17) is 5.11 Å². The molecule has 2 rings (SSSR count). The summed E-state index contributed by atoms with van der Waals surface area (Å²) in [5.74, 6) is -0.00484. The molecule has 5 heteroatoms. The topological polar surface area (TPSA) is 62.2 Å². The lowest BCUT2D eigenvalue weighted by molar-refractivity contribution is 0.194. The van der Waals surface area contributed by atoms with Crippen molar-refractivity contribution < 1.29 is 14.3 Å². The van der Waals surface area contributed by atoms with Crippen molar-refractivity contribution in [3.05, 3.63) is 29.3 Å². The first-order valence-electron chi connectivity index (χ1n) is 4.78. The molecule has 0 aliphatic heterocycles. The molecule has 1 amide bonds. The third kappa shape index (κ3) is 2.43. The summed E-state index contributed by atoms with van der Waals surface area (Å²) in [6.07, 6.45) is 2.09. The summed E-state index contributed by atoms with van der Waals surface area (Å²) < 4.78 is 12.9. The van der Waals surface area contributed by atoms with E-state index in [1.54, 1.807) is 0 Å². The number of carbonyl (C=O) groups is 1. The van der Waals surface area contributed by atoms with Crippen LogP contribution in [0.25, 0.3) is 0 Å². The minimum absolute atomic E-state index is 0.140. The van der Waals surface area contributed by atoms with Gasteiger partial charge in [0.1, 0.15) is 5.82 Å². The van der Waals surface area contributed by atoms with Crippen LogP contribution in [-0.4, -0.2) is 16.2 Å². The van der Waals surface area contributed by atoms with Gasteiger partial charge in [-0.05, 0) is 30.4 Å². The molecule has 0 bridgehead atoms. The Balaban J connectivity index is 2.17. The summed E-state index contributed by atoms with van der Waals surface area (Å²) >= 11 is 0. The number of nitrogens with one attached hydrogen (secondary N) is 1. The van der Waals surface area contributed by atoms with E-state index in [1.165, 1.54) is 6.07 Å². The van der Waals surface area contributed by atoms with Crippen LogP contribution in [0, 0.1) is 5.82 Å². The lowest BCUT2D eigenvalue weighted by atomic mass is 10.1. The number of hydrogen-bond donors (Lipinski definition) is 2. The second-order valence-corrected chi connectivity index (χ2v) is 3.62. The number of pyridine rings is 1.